The van der Waals surface area contributed by atoms with E-state index in [9.17, 15) is 9.59 Å². The first-order valence-corrected chi connectivity index (χ1v) is 7.23. The highest BCUT2D eigenvalue weighted by Crippen LogP contribution is 2.19. The first kappa shape index (κ1) is 16.1. The summed E-state index contributed by atoms with van der Waals surface area (Å²) in [4.78, 5) is 24.5. The van der Waals surface area contributed by atoms with Gasteiger partial charge in [-0.2, -0.15) is 0 Å². The van der Waals surface area contributed by atoms with Crippen molar-refractivity contribution in [2.45, 2.75) is 0 Å². The SMILES string of the molecule is COc1ccccc1C(=O)Nc1ccc(-n2nnc(C(N)=O)n2)cc1. The van der Waals surface area contributed by atoms with Crippen LogP contribution in [0.25, 0.3) is 5.69 Å². The highest BCUT2D eigenvalue weighted by atomic mass is 16.5. The number of hydrogen-bond acceptors (Lipinski definition) is 6. The predicted molar refractivity (Wildman–Crippen MR) is 88.6 cm³/mol. The Balaban J connectivity index is 1.76. The lowest BCUT2D eigenvalue weighted by Crippen LogP contribution is -2.14. The molecule has 0 spiro atoms. The van der Waals surface area contributed by atoms with Crippen molar-refractivity contribution in [3.63, 3.8) is 0 Å². The Morgan fingerprint density at radius 2 is 1.84 bits per heavy atom. The van der Waals surface area contributed by atoms with Gasteiger partial charge in [-0.05, 0) is 41.6 Å². The van der Waals surface area contributed by atoms with Gasteiger partial charge in [0.15, 0.2) is 0 Å². The van der Waals surface area contributed by atoms with Gasteiger partial charge in [0, 0.05) is 5.69 Å². The van der Waals surface area contributed by atoms with Gasteiger partial charge in [0.2, 0.25) is 0 Å². The summed E-state index contributed by atoms with van der Waals surface area (Å²) in [7, 11) is 1.51. The van der Waals surface area contributed by atoms with E-state index in [1.165, 1.54) is 11.9 Å². The number of rotatable bonds is 5. The molecule has 9 heteroatoms. The number of carbonyl (C=O) groups excluding carboxylic acids is 2. The number of nitrogens with one attached hydrogen (secondary N) is 1. The number of para-hydroxylation sites is 1. The van der Waals surface area contributed by atoms with Gasteiger partial charge in [0.1, 0.15) is 5.75 Å². The first-order valence-electron chi connectivity index (χ1n) is 7.23. The van der Waals surface area contributed by atoms with Crippen molar-refractivity contribution in [2.75, 3.05) is 12.4 Å². The minimum atomic E-state index is -0.757. The van der Waals surface area contributed by atoms with E-state index in [2.05, 4.69) is 20.7 Å². The minimum Gasteiger partial charge on any atom is -0.496 e. The predicted octanol–water partition coefficient (Wildman–Crippen LogP) is 1.02. The van der Waals surface area contributed by atoms with Crippen LogP contribution in [0.3, 0.4) is 0 Å². The van der Waals surface area contributed by atoms with Crippen LogP contribution >= 0.6 is 0 Å². The maximum atomic E-state index is 12.3. The number of tetrazole rings is 1. The fourth-order valence-electron chi connectivity index (χ4n) is 2.13. The van der Waals surface area contributed by atoms with Gasteiger partial charge in [-0.25, -0.2) is 0 Å². The second-order valence-corrected chi connectivity index (χ2v) is 4.97. The number of nitrogens with zero attached hydrogens (tertiary/aromatic N) is 4. The van der Waals surface area contributed by atoms with Crippen molar-refractivity contribution < 1.29 is 14.3 Å². The number of carbonyl (C=O) groups is 2. The third-order valence-corrected chi connectivity index (χ3v) is 3.34. The lowest BCUT2D eigenvalue weighted by molar-refractivity contribution is 0.0988. The van der Waals surface area contributed by atoms with Gasteiger partial charge in [0.25, 0.3) is 17.6 Å². The number of benzene rings is 2. The third kappa shape index (κ3) is 3.44. The zero-order valence-electron chi connectivity index (χ0n) is 13.2. The lowest BCUT2D eigenvalue weighted by atomic mass is 10.2. The normalized spacial score (nSPS) is 10.3. The van der Waals surface area contributed by atoms with E-state index < -0.39 is 5.91 Å². The summed E-state index contributed by atoms with van der Waals surface area (Å²) in [5.41, 5.74) is 6.66. The van der Waals surface area contributed by atoms with Crippen LogP contribution in [0.15, 0.2) is 48.5 Å². The van der Waals surface area contributed by atoms with Gasteiger partial charge < -0.3 is 15.8 Å². The molecular weight excluding hydrogens is 324 g/mol. The number of anilines is 1. The average Bonchev–Trinajstić information content (AvgIpc) is 3.12. The van der Waals surface area contributed by atoms with E-state index in [0.717, 1.165) is 0 Å². The Labute approximate surface area is 142 Å². The van der Waals surface area contributed by atoms with Crippen LogP contribution in [0.1, 0.15) is 21.0 Å². The number of aromatic nitrogens is 4. The molecule has 3 rings (SSSR count). The summed E-state index contributed by atoms with van der Waals surface area (Å²) in [5, 5.41) is 13.9. The maximum Gasteiger partial charge on any atom is 0.290 e. The van der Waals surface area contributed by atoms with Crippen molar-refractivity contribution in [3.8, 4) is 11.4 Å². The quantitative estimate of drug-likeness (QED) is 0.715. The van der Waals surface area contributed by atoms with E-state index in [-0.39, 0.29) is 11.7 Å². The van der Waals surface area contributed by atoms with Crippen LogP contribution < -0.4 is 15.8 Å². The molecule has 0 saturated carbocycles. The topological polar surface area (TPSA) is 125 Å². The van der Waals surface area contributed by atoms with E-state index >= 15 is 0 Å². The second-order valence-electron chi connectivity index (χ2n) is 4.97. The molecule has 1 heterocycles. The number of methoxy groups -OCH3 is 1. The summed E-state index contributed by atoms with van der Waals surface area (Å²) in [6, 6.07) is 13.6. The Hall–Kier alpha value is -3.75. The number of hydrogen-bond donors (Lipinski definition) is 2. The first-order chi connectivity index (χ1) is 12.1. The number of primary amides is 1. The highest BCUT2D eigenvalue weighted by molar-refractivity contribution is 6.06. The molecule has 0 saturated heterocycles. The summed E-state index contributed by atoms with van der Waals surface area (Å²) >= 11 is 0. The van der Waals surface area contributed by atoms with E-state index in [1.807, 2.05) is 0 Å². The molecule has 0 bridgehead atoms. The molecule has 0 fully saturated rings. The summed E-state index contributed by atoms with van der Waals surface area (Å²) in [6.07, 6.45) is 0. The molecule has 0 aliphatic carbocycles. The molecule has 0 aliphatic rings. The van der Waals surface area contributed by atoms with Crippen molar-refractivity contribution >= 4 is 17.5 Å². The molecule has 2 aromatic carbocycles. The zero-order chi connectivity index (χ0) is 17.8. The Bertz CT molecular complexity index is 920. The summed E-state index contributed by atoms with van der Waals surface area (Å²) in [5.74, 6) is -0.733. The number of ether oxygens (including phenoxy) is 1. The Morgan fingerprint density at radius 3 is 2.48 bits per heavy atom. The third-order valence-electron chi connectivity index (χ3n) is 3.34. The molecule has 126 valence electrons. The fraction of sp³-hybridized carbons (Fsp3) is 0.0625. The Kier molecular flexibility index (Phi) is 4.38. The Morgan fingerprint density at radius 1 is 1.12 bits per heavy atom. The molecule has 25 heavy (non-hydrogen) atoms. The van der Waals surface area contributed by atoms with E-state index in [1.54, 1.807) is 48.5 Å². The van der Waals surface area contributed by atoms with Gasteiger partial charge >= 0.3 is 0 Å². The van der Waals surface area contributed by atoms with Gasteiger partial charge in [-0.3, -0.25) is 9.59 Å². The summed E-state index contributed by atoms with van der Waals surface area (Å²) < 4.78 is 5.18. The van der Waals surface area contributed by atoms with Gasteiger partial charge in [0.05, 0.1) is 18.4 Å². The molecule has 3 aromatic rings. The molecule has 0 unspecified atom stereocenters. The van der Waals surface area contributed by atoms with Crippen LogP contribution in [-0.4, -0.2) is 39.1 Å². The van der Waals surface area contributed by atoms with E-state index in [4.69, 9.17) is 10.5 Å². The molecule has 0 aliphatic heterocycles. The standard InChI is InChI=1S/C16H14N6O3/c1-25-13-5-3-2-4-12(13)16(24)18-10-6-8-11(9-7-10)22-20-15(14(17)23)19-21-22/h2-9H,1H3,(H2,17,23)(H,18,24). The molecule has 0 radical (unpaired) electrons. The van der Waals surface area contributed by atoms with Crippen molar-refractivity contribution in [1.82, 2.24) is 20.2 Å². The average molecular weight is 338 g/mol. The van der Waals surface area contributed by atoms with E-state index in [0.29, 0.717) is 22.7 Å². The smallest absolute Gasteiger partial charge is 0.290 e. The van der Waals surface area contributed by atoms with Crippen LogP contribution in [0.5, 0.6) is 5.75 Å². The van der Waals surface area contributed by atoms with Crippen LogP contribution in [0, 0.1) is 0 Å². The minimum absolute atomic E-state index is 0.173. The van der Waals surface area contributed by atoms with Crippen LogP contribution in [0.2, 0.25) is 0 Å². The second kappa shape index (κ2) is 6.79. The molecule has 1 aromatic heterocycles. The molecule has 9 nitrogen and oxygen atoms in total. The monoisotopic (exact) mass is 338 g/mol. The zero-order valence-corrected chi connectivity index (χ0v) is 13.2. The maximum absolute atomic E-state index is 12.3. The largest absolute Gasteiger partial charge is 0.496 e. The molecule has 3 N–H and O–H groups in total. The van der Waals surface area contributed by atoms with Crippen LogP contribution in [-0.2, 0) is 0 Å². The molecule has 0 atom stereocenters. The highest BCUT2D eigenvalue weighted by Gasteiger charge is 2.12. The number of nitrogens with two attached hydrogens (primary N) is 1. The van der Waals surface area contributed by atoms with Crippen LogP contribution in [0.4, 0.5) is 5.69 Å². The van der Waals surface area contributed by atoms with Gasteiger partial charge in [-0.1, -0.05) is 12.1 Å². The van der Waals surface area contributed by atoms with Gasteiger partial charge in [-0.15, -0.1) is 15.0 Å². The molecule has 2 amide bonds. The summed E-state index contributed by atoms with van der Waals surface area (Å²) in [6.45, 7) is 0. The lowest BCUT2D eigenvalue weighted by Gasteiger charge is -2.09. The van der Waals surface area contributed by atoms with Crippen molar-refractivity contribution in [2.24, 2.45) is 5.73 Å². The molecular formula is C16H14N6O3. The number of amides is 2. The van der Waals surface area contributed by atoms with Crippen molar-refractivity contribution in [1.29, 1.82) is 0 Å². The fourth-order valence-corrected chi connectivity index (χ4v) is 2.13. The van der Waals surface area contributed by atoms with Crippen molar-refractivity contribution in [3.05, 3.63) is 59.9 Å².